The summed E-state index contributed by atoms with van der Waals surface area (Å²) in [5, 5.41) is 1.62. The van der Waals surface area contributed by atoms with Crippen molar-refractivity contribution in [1.29, 1.82) is 0 Å². The van der Waals surface area contributed by atoms with Crippen molar-refractivity contribution in [2.45, 2.75) is 10.6 Å². The van der Waals surface area contributed by atoms with Gasteiger partial charge in [-0.2, -0.15) is 0 Å². The lowest BCUT2D eigenvalue weighted by atomic mass is 10.1. The lowest BCUT2D eigenvalue weighted by molar-refractivity contribution is -0.120. The van der Waals surface area contributed by atoms with Gasteiger partial charge in [0.05, 0.1) is 6.42 Å². The monoisotopic (exact) mass is 314 g/mol. The largest absolute Gasteiger partial charge is 0.277 e. The molecule has 0 spiro atoms. The number of thiophene rings is 1. The number of nitrogens with one attached hydrogen (secondary N) is 2. The van der Waals surface area contributed by atoms with Gasteiger partial charge in [-0.1, -0.05) is 18.2 Å². The van der Waals surface area contributed by atoms with Crippen LogP contribution in [0.2, 0.25) is 0 Å². The molecule has 1 aromatic carbocycles. The van der Waals surface area contributed by atoms with Crippen LogP contribution in [-0.2, 0) is 21.2 Å². The van der Waals surface area contributed by atoms with Crippen LogP contribution in [0.5, 0.6) is 0 Å². The second kappa shape index (κ2) is 6.12. The van der Waals surface area contributed by atoms with Crippen LogP contribution in [0.4, 0.5) is 4.39 Å². The van der Waals surface area contributed by atoms with Crippen LogP contribution in [0.25, 0.3) is 0 Å². The van der Waals surface area contributed by atoms with Crippen molar-refractivity contribution in [2.75, 3.05) is 0 Å². The van der Waals surface area contributed by atoms with Gasteiger partial charge in [-0.3, -0.25) is 10.2 Å². The first kappa shape index (κ1) is 14.6. The van der Waals surface area contributed by atoms with Crippen molar-refractivity contribution in [3.8, 4) is 0 Å². The van der Waals surface area contributed by atoms with E-state index in [1.807, 2.05) is 4.83 Å². The molecule has 20 heavy (non-hydrogen) atoms. The molecule has 1 heterocycles. The van der Waals surface area contributed by atoms with Crippen LogP contribution < -0.4 is 10.3 Å². The van der Waals surface area contributed by atoms with Gasteiger partial charge >= 0.3 is 0 Å². The van der Waals surface area contributed by atoms with E-state index in [2.05, 4.69) is 5.43 Å². The van der Waals surface area contributed by atoms with E-state index in [0.29, 0.717) is 5.56 Å². The highest BCUT2D eigenvalue weighted by Crippen LogP contribution is 2.14. The highest BCUT2D eigenvalue weighted by atomic mass is 32.2. The van der Waals surface area contributed by atoms with E-state index < -0.39 is 21.7 Å². The van der Waals surface area contributed by atoms with Crippen molar-refractivity contribution in [1.82, 2.24) is 10.3 Å². The number of rotatable bonds is 5. The predicted molar refractivity (Wildman–Crippen MR) is 72.9 cm³/mol. The topological polar surface area (TPSA) is 75.3 Å². The molecule has 0 bridgehead atoms. The maximum absolute atomic E-state index is 12.7. The average molecular weight is 314 g/mol. The maximum atomic E-state index is 12.7. The van der Waals surface area contributed by atoms with Crippen LogP contribution in [0.1, 0.15) is 5.56 Å². The standard InChI is InChI=1S/C12H11FN2O3S2/c13-10-5-3-9(4-6-10)8-11(16)14-15-20(17,18)12-2-1-7-19-12/h1-7,15H,8H2,(H,14,16). The molecule has 8 heteroatoms. The summed E-state index contributed by atoms with van der Waals surface area (Å²) in [6.07, 6.45) is -0.0484. The predicted octanol–water partition coefficient (Wildman–Crippen LogP) is 1.44. The normalized spacial score (nSPS) is 11.2. The molecule has 2 N–H and O–H groups in total. The highest BCUT2D eigenvalue weighted by molar-refractivity contribution is 7.91. The van der Waals surface area contributed by atoms with E-state index in [1.54, 1.807) is 11.4 Å². The zero-order valence-electron chi connectivity index (χ0n) is 10.2. The fourth-order valence-electron chi connectivity index (χ4n) is 1.42. The van der Waals surface area contributed by atoms with Crippen LogP contribution in [0, 0.1) is 5.82 Å². The Bertz CT molecular complexity index is 682. The van der Waals surface area contributed by atoms with E-state index in [4.69, 9.17) is 0 Å². The molecule has 0 aliphatic carbocycles. The Balaban J connectivity index is 1.91. The molecular formula is C12H11FN2O3S2. The molecule has 5 nitrogen and oxygen atoms in total. The van der Waals surface area contributed by atoms with Gasteiger partial charge in [0.1, 0.15) is 10.0 Å². The number of hydrogen-bond donors (Lipinski definition) is 2. The molecule has 1 amide bonds. The van der Waals surface area contributed by atoms with Gasteiger partial charge in [-0.05, 0) is 29.1 Å². The van der Waals surface area contributed by atoms with E-state index in [9.17, 15) is 17.6 Å². The Labute approximate surface area is 119 Å². The van der Waals surface area contributed by atoms with Crippen LogP contribution >= 0.6 is 11.3 Å². The molecule has 0 fully saturated rings. The number of hydrogen-bond acceptors (Lipinski definition) is 4. The number of sulfonamides is 1. The number of carbonyl (C=O) groups is 1. The Hall–Kier alpha value is -1.77. The lowest BCUT2D eigenvalue weighted by Crippen LogP contribution is -2.42. The van der Waals surface area contributed by atoms with Crippen molar-refractivity contribution >= 4 is 27.3 Å². The van der Waals surface area contributed by atoms with E-state index in [1.165, 1.54) is 30.3 Å². The molecule has 0 aliphatic heterocycles. The summed E-state index contributed by atoms with van der Waals surface area (Å²) in [4.78, 5) is 13.6. The van der Waals surface area contributed by atoms with Crippen LogP contribution in [0.15, 0.2) is 46.0 Å². The van der Waals surface area contributed by atoms with Gasteiger partial charge in [0.15, 0.2) is 0 Å². The minimum absolute atomic E-state index is 0.0484. The minimum atomic E-state index is -3.73. The van der Waals surface area contributed by atoms with E-state index in [0.717, 1.165) is 11.3 Å². The van der Waals surface area contributed by atoms with Gasteiger partial charge < -0.3 is 0 Å². The Morgan fingerprint density at radius 3 is 2.50 bits per heavy atom. The number of benzene rings is 1. The summed E-state index contributed by atoms with van der Waals surface area (Å²) in [5.74, 6) is -0.927. The minimum Gasteiger partial charge on any atom is -0.277 e. The lowest BCUT2D eigenvalue weighted by Gasteiger charge is -2.07. The molecule has 0 saturated carbocycles. The van der Waals surface area contributed by atoms with E-state index >= 15 is 0 Å². The molecule has 0 unspecified atom stereocenters. The van der Waals surface area contributed by atoms with Crippen molar-refractivity contribution in [3.05, 3.63) is 53.2 Å². The summed E-state index contributed by atoms with van der Waals surface area (Å²) in [7, 11) is -3.73. The van der Waals surface area contributed by atoms with Crippen LogP contribution in [0.3, 0.4) is 0 Å². The summed E-state index contributed by atoms with van der Waals surface area (Å²) in [6.45, 7) is 0. The Morgan fingerprint density at radius 2 is 1.90 bits per heavy atom. The molecule has 0 radical (unpaired) electrons. The van der Waals surface area contributed by atoms with Gasteiger partial charge in [0.25, 0.3) is 10.0 Å². The molecule has 0 aliphatic rings. The smallest absolute Gasteiger partial charge is 0.266 e. The Kier molecular flexibility index (Phi) is 4.48. The second-order valence-corrected chi connectivity index (χ2v) is 6.75. The van der Waals surface area contributed by atoms with Crippen molar-refractivity contribution < 1.29 is 17.6 Å². The first-order chi connectivity index (χ1) is 9.47. The first-order valence-corrected chi connectivity index (χ1v) is 7.92. The fourth-order valence-corrected chi connectivity index (χ4v) is 3.28. The van der Waals surface area contributed by atoms with Gasteiger partial charge in [0, 0.05) is 0 Å². The highest BCUT2D eigenvalue weighted by Gasteiger charge is 2.15. The molecule has 0 saturated heterocycles. The SMILES string of the molecule is O=C(Cc1ccc(F)cc1)NNS(=O)(=O)c1cccs1. The third kappa shape index (κ3) is 3.86. The van der Waals surface area contributed by atoms with E-state index in [-0.39, 0.29) is 10.6 Å². The zero-order chi connectivity index (χ0) is 14.6. The molecule has 2 rings (SSSR count). The maximum Gasteiger partial charge on any atom is 0.266 e. The Morgan fingerprint density at radius 1 is 1.20 bits per heavy atom. The summed E-state index contributed by atoms with van der Waals surface area (Å²) in [5.41, 5.74) is 2.69. The van der Waals surface area contributed by atoms with Gasteiger partial charge in [-0.25, -0.2) is 12.8 Å². The quantitative estimate of drug-likeness (QED) is 0.820. The third-order valence-electron chi connectivity index (χ3n) is 2.36. The summed E-state index contributed by atoms with van der Waals surface area (Å²) in [6, 6.07) is 8.42. The van der Waals surface area contributed by atoms with Gasteiger partial charge in [0.2, 0.25) is 5.91 Å². The first-order valence-electron chi connectivity index (χ1n) is 5.56. The van der Waals surface area contributed by atoms with Crippen molar-refractivity contribution in [3.63, 3.8) is 0 Å². The zero-order valence-corrected chi connectivity index (χ0v) is 11.8. The fraction of sp³-hybridized carbons (Fsp3) is 0.0833. The summed E-state index contributed by atoms with van der Waals surface area (Å²) < 4.78 is 36.3. The third-order valence-corrected chi connectivity index (χ3v) is 5.01. The molecule has 1 aromatic heterocycles. The molecule has 106 valence electrons. The molecular weight excluding hydrogens is 303 g/mol. The average Bonchev–Trinajstić information content (AvgIpc) is 2.94. The number of halogens is 1. The van der Waals surface area contributed by atoms with Crippen molar-refractivity contribution in [2.24, 2.45) is 0 Å². The molecule has 2 aromatic rings. The summed E-state index contributed by atoms with van der Waals surface area (Å²) >= 11 is 1.04. The van der Waals surface area contributed by atoms with Gasteiger partial charge in [-0.15, -0.1) is 16.2 Å². The van der Waals surface area contributed by atoms with Crippen LogP contribution in [-0.4, -0.2) is 14.3 Å². The number of hydrazine groups is 1. The molecule has 0 atom stereocenters. The number of carbonyl (C=O) groups excluding carboxylic acids is 1. The second-order valence-electron chi connectivity index (χ2n) is 3.89. The number of amides is 1.